The third-order valence-corrected chi connectivity index (χ3v) is 5.83. The molecule has 0 unspecified atom stereocenters. The standard InChI is InChI=1S/C21H25.C7H9.2ClH.Zr/c1-20(2,3)16-7-9-18-14(12-16)11-15-13-17(21(4,5)6)8-10-19(15)18;1-6-4-3-5-7(6)2;;;/h7-10,12H,11H2,1-6H3;4H,3H2,1-2H3;2*1H;/q2*-1;;;+4/p-2. The SMILES string of the molecule is CC(C)(C)c1[c-]c2c(cc1)-c1ccc(C(C)(C)C)cc1C2.CC1=[C-]CC=C1C.[Cl-].[Cl-].[Zr+4]. The van der Waals surface area contributed by atoms with Crippen LogP contribution in [0, 0.1) is 12.1 Å². The number of halogens is 2. The van der Waals surface area contributed by atoms with Crippen LogP contribution >= 0.6 is 0 Å². The molecule has 0 fully saturated rings. The summed E-state index contributed by atoms with van der Waals surface area (Å²) in [5.41, 5.74) is 11.4. The van der Waals surface area contributed by atoms with Crippen molar-refractivity contribution in [3.8, 4) is 11.1 Å². The molecular weight excluding hydrogens is 498 g/mol. The molecule has 2 aliphatic rings. The molecule has 2 aromatic rings. The van der Waals surface area contributed by atoms with Crippen molar-refractivity contribution in [3.05, 3.63) is 82.0 Å². The first kappa shape index (κ1) is 30.4. The summed E-state index contributed by atoms with van der Waals surface area (Å²) in [6.07, 6.45) is 7.43. The Kier molecular flexibility index (Phi) is 11.3. The van der Waals surface area contributed by atoms with Gasteiger partial charge < -0.3 is 24.8 Å². The maximum atomic E-state index is 3.67. The topological polar surface area (TPSA) is 0 Å². The van der Waals surface area contributed by atoms with Crippen LogP contribution in [0.4, 0.5) is 0 Å². The number of benzene rings is 2. The zero-order valence-corrected chi connectivity index (χ0v) is 24.1. The monoisotopic (exact) mass is 530 g/mol. The van der Waals surface area contributed by atoms with Gasteiger partial charge >= 0.3 is 26.2 Å². The summed E-state index contributed by atoms with van der Waals surface area (Å²) in [6.45, 7) is 17.8. The first-order chi connectivity index (χ1) is 13.0. The Morgan fingerprint density at radius 1 is 0.806 bits per heavy atom. The van der Waals surface area contributed by atoms with E-state index in [1.54, 1.807) is 0 Å². The number of fused-ring (bicyclic) bond motifs is 3. The van der Waals surface area contributed by atoms with Crippen LogP contribution in [-0.2, 0) is 43.5 Å². The minimum absolute atomic E-state index is 0. The average molecular weight is 533 g/mol. The van der Waals surface area contributed by atoms with E-state index < -0.39 is 0 Å². The summed E-state index contributed by atoms with van der Waals surface area (Å²) in [5.74, 6) is 0. The van der Waals surface area contributed by atoms with Crippen LogP contribution in [0.3, 0.4) is 0 Å². The van der Waals surface area contributed by atoms with Gasteiger partial charge in [0, 0.05) is 0 Å². The predicted octanol–water partition coefficient (Wildman–Crippen LogP) is 1.74. The number of allylic oxidation sites excluding steroid dienone is 4. The van der Waals surface area contributed by atoms with Crippen LogP contribution in [-0.4, -0.2) is 0 Å². The second kappa shape index (κ2) is 11.5. The molecule has 0 amide bonds. The smallest absolute Gasteiger partial charge is 1.00 e. The van der Waals surface area contributed by atoms with E-state index in [9.17, 15) is 0 Å². The molecule has 0 spiro atoms. The Morgan fingerprint density at radius 3 is 1.87 bits per heavy atom. The van der Waals surface area contributed by atoms with Crippen LogP contribution in [0.5, 0.6) is 0 Å². The van der Waals surface area contributed by atoms with Crippen LogP contribution in [0.1, 0.15) is 84.1 Å². The van der Waals surface area contributed by atoms with Crippen molar-refractivity contribution in [1.82, 2.24) is 0 Å². The zero-order valence-electron chi connectivity index (χ0n) is 20.1. The molecule has 0 bridgehead atoms. The Hall–Kier alpha value is -0.617. The third-order valence-electron chi connectivity index (χ3n) is 5.83. The van der Waals surface area contributed by atoms with Crippen molar-refractivity contribution in [1.29, 1.82) is 0 Å². The molecule has 0 N–H and O–H groups in total. The molecule has 2 aliphatic carbocycles. The number of hydrogen-bond acceptors (Lipinski definition) is 0. The maximum Gasteiger partial charge on any atom is 4.00 e. The first-order valence-electron chi connectivity index (χ1n) is 10.4. The minimum Gasteiger partial charge on any atom is -1.00 e. The van der Waals surface area contributed by atoms with Crippen LogP contribution in [0.25, 0.3) is 11.1 Å². The van der Waals surface area contributed by atoms with Gasteiger partial charge in [0.25, 0.3) is 0 Å². The van der Waals surface area contributed by atoms with Gasteiger partial charge in [-0.1, -0.05) is 72.2 Å². The van der Waals surface area contributed by atoms with Crippen molar-refractivity contribution >= 4 is 0 Å². The van der Waals surface area contributed by atoms with E-state index in [4.69, 9.17) is 0 Å². The van der Waals surface area contributed by atoms with Gasteiger partial charge in [-0.05, 0) is 28.4 Å². The fourth-order valence-electron chi connectivity index (χ4n) is 3.68. The van der Waals surface area contributed by atoms with Crippen molar-refractivity contribution in [3.63, 3.8) is 0 Å². The van der Waals surface area contributed by atoms with E-state index in [0.29, 0.717) is 0 Å². The van der Waals surface area contributed by atoms with Crippen LogP contribution in [0.15, 0.2) is 47.6 Å². The van der Waals surface area contributed by atoms with Gasteiger partial charge in [-0.15, -0.1) is 24.5 Å². The van der Waals surface area contributed by atoms with Gasteiger partial charge in [0.15, 0.2) is 0 Å². The third kappa shape index (κ3) is 7.18. The van der Waals surface area contributed by atoms with Crippen LogP contribution in [0.2, 0.25) is 0 Å². The summed E-state index contributed by atoms with van der Waals surface area (Å²) in [5, 5.41) is 0. The average Bonchev–Trinajstić information content (AvgIpc) is 3.15. The largest absolute Gasteiger partial charge is 4.00 e. The Balaban J connectivity index is 0.000000777. The number of rotatable bonds is 0. The fraction of sp³-hybridized carbons (Fsp3) is 0.429. The zero-order chi connectivity index (χ0) is 20.7. The van der Waals surface area contributed by atoms with E-state index in [1.807, 2.05) is 0 Å². The van der Waals surface area contributed by atoms with Crippen molar-refractivity contribution < 1.29 is 51.0 Å². The second-order valence-corrected chi connectivity index (χ2v) is 10.2. The molecule has 3 heteroatoms. The van der Waals surface area contributed by atoms with E-state index in [1.165, 1.54) is 44.5 Å². The Morgan fingerprint density at radius 2 is 1.42 bits per heavy atom. The molecule has 0 nitrogen and oxygen atoms in total. The number of hydrogen-bond donors (Lipinski definition) is 0. The molecular formula is C28H34Cl2Zr. The van der Waals surface area contributed by atoms with Crippen molar-refractivity contribution in [2.75, 3.05) is 0 Å². The first-order valence-corrected chi connectivity index (χ1v) is 10.4. The molecule has 0 saturated carbocycles. The minimum atomic E-state index is 0. The van der Waals surface area contributed by atoms with Gasteiger partial charge in [0.05, 0.1) is 0 Å². The quantitative estimate of drug-likeness (QED) is 0.387. The predicted molar refractivity (Wildman–Crippen MR) is 122 cm³/mol. The van der Waals surface area contributed by atoms with E-state index >= 15 is 0 Å². The summed E-state index contributed by atoms with van der Waals surface area (Å²) in [6, 6.07) is 15.2. The second-order valence-electron chi connectivity index (χ2n) is 10.2. The summed E-state index contributed by atoms with van der Waals surface area (Å²) in [4.78, 5) is 0. The molecule has 0 atom stereocenters. The molecule has 2 aromatic carbocycles. The fourth-order valence-corrected chi connectivity index (χ4v) is 3.68. The summed E-state index contributed by atoms with van der Waals surface area (Å²) >= 11 is 0. The Bertz CT molecular complexity index is 876. The summed E-state index contributed by atoms with van der Waals surface area (Å²) in [7, 11) is 0. The summed E-state index contributed by atoms with van der Waals surface area (Å²) < 4.78 is 0. The molecule has 0 heterocycles. The van der Waals surface area contributed by atoms with Gasteiger partial charge in [-0.2, -0.15) is 29.8 Å². The molecule has 0 saturated heterocycles. The van der Waals surface area contributed by atoms with Gasteiger partial charge in [0.2, 0.25) is 0 Å². The van der Waals surface area contributed by atoms with E-state index in [2.05, 4.69) is 104 Å². The van der Waals surface area contributed by atoms with Crippen LogP contribution < -0.4 is 24.8 Å². The van der Waals surface area contributed by atoms with Gasteiger partial charge in [-0.25, -0.2) is 11.1 Å². The maximum absolute atomic E-state index is 3.67. The molecule has 164 valence electrons. The molecule has 31 heavy (non-hydrogen) atoms. The van der Waals surface area contributed by atoms with Crippen molar-refractivity contribution in [2.24, 2.45) is 0 Å². The molecule has 0 aliphatic heterocycles. The normalized spacial score (nSPS) is 13.8. The van der Waals surface area contributed by atoms with E-state index in [0.717, 1.165) is 12.8 Å². The van der Waals surface area contributed by atoms with Gasteiger partial charge in [-0.3, -0.25) is 6.08 Å². The van der Waals surface area contributed by atoms with Gasteiger partial charge in [0.1, 0.15) is 0 Å². The van der Waals surface area contributed by atoms with Crippen molar-refractivity contribution in [2.45, 2.75) is 79.1 Å². The Labute approximate surface area is 221 Å². The molecule has 0 aromatic heterocycles. The molecule has 0 radical (unpaired) electrons. The molecule has 4 rings (SSSR count). The van der Waals surface area contributed by atoms with E-state index in [-0.39, 0.29) is 61.8 Å².